The zero-order valence-corrected chi connectivity index (χ0v) is 17.3. The third-order valence-electron chi connectivity index (χ3n) is 5.13. The molecule has 0 aliphatic carbocycles. The summed E-state index contributed by atoms with van der Waals surface area (Å²) in [5.41, 5.74) is 6.08. The van der Waals surface area contributed by atoms with Crippen molar-refractivity contribution in [3.63, 3.8) is 0 Å². The summed E-state index contributed by atoms with van der Waals surface area (Å²) in [5.74, 6) is -0.551. The van der Waals surface area contributed by atoms with E-state index in [2.05, 4.69) is 20.9 Å². The van der Waals surface area contributed by atoms with E-state index < -0.39 is 12.1 Å². The molecule has 0 radical (unpaired) electrons. The Labute approximate surface area is 172 Å². The minimum Gasteiger partial charge on any atom is -0.369 e. The highest BCUT2D eigenvalue weighted by Crippen LogP contribution is 2.16. The summed E-state index contributed by atoms with van der Waals surface area (Å²) >= 11 is 0. The van der Waals surface area contributed by atoms with Crippen LogP contribution in [0, 0.1) is 11.8 Å². The molecule has 1 heterocycles. The third kappa shape index (κ3) is 7.73. The van der Waals surface area contributed by atoms with Crippen LogP contribution in [0.15, 0.2) is 30.3 Å². The zero-order valence-electron chi connectivity index (χ0n) is 17.3. The smallest absolute Gasteiger partial charge is 0.319 e. The summed E-state index contributed by atoms with van der Waals surface area (Å²) in [6.07, 6.45) is 2.60. The highest BCUT2D eigenvalue weighted by Gasteiger charge is 2.25. The van der Waals surface area contributed by atoms with Crippen LogP contribution >= 0.6 is 0 Å². The maximum Gasteiger partial charge on any atom is 0.319 e. The van der Waals surface area contributed by atoms with Crippen LogP contribution in [0.1, 0.15) is 33.1 Å². The van der Waals surface area contributed by atoms with Gasteiger partial charge in [0.15, 0.2) is 0 Å². The first-order valence-corrected chi connectivity index (χ1v) is 10.3. The summed E-state index contributed by atoms with van der Waals surface area (Å²) in [6.45, 7) is 6.75. The summed E-state index contributed by atoms with van der Waals surface area (Å²) in [4.78, 5) is 38.3. The van der Waals surface area contributed by atoms with Crippen LogP contribution in [0.5, 0.6) is 0 Å². The first-order valence-electron chi connectivity index (χ1n) is 10.3. The Kier molecular flexibility index (Phi) is 8.92. The molecule has 8 nitrogen and oxygen atoms in total. The highest BCUT2D eigenvalue weighted by atomic mass is 16.2. The Hall–Kier alpha value is -2.61. The topological polar surface area (TPSA) is 117 Å². The van der Waals surface area contributed by atoms with E-state index in [4.69, 9.17) is 5.73 Å². The number of anilines is 1. The number of benzene rings is 1. The second kappa shape index (κ2) is 11.4. The van der Waals surface area contributed by atoms with E-state index in [9.17, 15) is 14.4 Å². The Bertz CT molecular complexity index is 680. The van der Waals surface area contributed by atoms with Gasteiger partial charge in [0.1, 0.15) is 6.04 Å². The van der Waals surface area contributed by atoms with E-state index in [1.807, 2.05) is 32.0 Å². The lowest BCUT2D eigenvalue weighted by molar-refractivity contribution is -0.124. The van der Waals surface area contributed by atoms with Gasteiger partial charge in [-0.05, 0) is 50.4 Å². The number of likely N-dealkylation sites (tertiary alicyclic amines) is 1. The van der Waals surface area contributed by atoms with Crippen molar-refractivity contribution < 1.29 is 14.4 Å². The Balaban J connectivity index is 1.73. The average Bonchev–Trinajstić information content (AvgIpc) is 2.70. The number of carbonyl (C=O) groups is 3. The maximum absolute atomic E-state index is 12.5. The fraction of sp³-hybridized carbons (Fsp3) is 0.571. The number of rotatable bonds is 9. The minimum absolute atomic E-state index is 0.0463. The summed E-state index contributed by atoms with van der Waals surface area (Å²) in [7, 11) is 0. The quantitative estimate of drug-likeness (QED) is 0.468. The molecule has 0 aromatic heterocycles. The molecule has 1 aromatic rings. The molecule has 1 aliphatic rings. The van der Waals surface area contributed by atoms with Gasteiger partial charge < -0.3 is 26.6 Å². The first kappa shape index (κ1) is 22.7. The van der Waals surface area contributed by atoms with Gasteiger partial charge in [-0.25, -0.2) is 4.79 Å². The highest BCUT2D eigenvalue weighted by molar-refractivity contribution is 5.93. The molecule has 1 saturated heterocycles. The van der Waals surface area contributed by atoms with Crippen LogP contribution in [0.25, 0.3) is 0 Å². The fourth-order valence-electron chi connectivity index (χ4n) is 3.48. The molecule has 0 spiro atoms. The van der Waals surface area contributed by atoms with Gasteiger partial charge in [-0.1, -0.05) is 32.0 Å². The SMILES string of the molecule is CC(C)C(NC(=O)Nc1ccccc1)C(=O)NCCCN1CCCC(C(N)=O)C1. The standard InChI is InChI=1S/C21H33N5O3/c1-15(2)18(25-21(29)24-17-9-4-3-5-10-17)20(28)23-11-7-13-26-12-6-8-16(14-26)19(22)27/h3-5,9-10,15-16,18H,6-8,11-14H2,1-2H3,(H2,22,27)(H,23,28)(H2,24,25,29). The zero-order chi connectivity index (χ0) is 21.2. The van der Waals surface area contributed by atoms with Crippen molar-refractivity contribution in [1.82, 2.24) is 15.5 Å². The third-order valence-corrected chi connectivity index (χ3v) is 5.13. The van der Waals surface area contributed by atoms with Crippen molar-refractivity contribution in [2.24, 2.45) is 17.6 Å². The number of hydrogen-bond donors (Lipinski definition) is 4. The van der Waals surface area contributed by atoms with Crippen LogP contribution in [-0.4, -0.2) is 55.0 Å². The van der Waals surface area contributed by atoms with Gasteiger partial charge in [0.05, 0.1) is 5.92 Å². The molecular formula is C21H33N5O3. The molecule has 1 aromatic carbocycles. The molecular weight excluding hydrogens is 370 g/mol. The predicted octanol–water partition coefficient (Wildman–Crippen LogP) is 1.54. The Morgan fingerprint density at radius 1 is 1.21 bits per heavy atom. The number of amides is 4. The van der Waals surface area contributed by atoms with Gasteiger partial charge in [-0.15, -0.1) is 0 Å². The molecule has 5 N–H and O–H groups in total. The molecule has 2 rings (SSSR count). The van der Waals surface area contributed by atoms with E-state index in [1.54, 1.807) is 12.1 Å². The molecule has 2 atom stereocenters. The summed E-state index contributed by atoms with van der Waals surface area (Å²) in [5, 5.41) is 8.39. The molecule has 0 saturated carbocycles. The predicted molar refractivity (Wildman–Crippen MR) is 113 cm³/mol. The van der Waals surface area contributed by atoms with E-state index in [0.717, 1.165) is 32.4 Å². The van der Waals surface area contributed by atoms with Crippen molar-refractivity contribution in [3.05, 3.63) is 30.3 Å². The number of carbonyl (C=O) groups excluding carboxylic acids is 3. The number of primary amides is 1. The van der Waals surface area contributed by atoms with Crippen LogP contribution in [0.3, 0.4) is 0 Å². The van der Waals surface area contributed by atoms with E-state index in [-0.39, 0.29) is 23.7 Å². The second-order valence-corrected chi connectivity index (χ2v) is 7.87. The van der Waals surface area contributed by atoms with E-state index in [1.165, 1.54) is 0 Å². The number of para-hydroxylation sites is 1. The van der Waals surface area contributed by atoms with Crippen LogP contribution in [-0.2, 0) is 9.59 Å². The molecule has 8 heteroatoms. The lowest BCUT2D eigenvalue weighted by Crippen LogP contribution is -2.51. The van der Waals surface area contributed by atoms with Gasteiger partial charge in [0.25, 0.3) is 0 Å². The monoisotopic (exact) mass is 403 g/mol. The lowest BCUT2D eigenvalue weighted by Gasteiger charge is -2.31. The van der Waals surface area contributed by atoms with Gasteiger partial charge >= 0.3 is 6.03 Å². The summed E-state index contributed by atoms with van der Waals surface area (Å²) < 4.78 is 0. The van der Waals surface area contributed by atoms with Gasteiger partial charge in [0.2, 0.25) is 11.8 Å². The lowest BCUT2D eigenvalue weighted by atomic mass is 9.97. The molecule has 29 heavy (non-hydrogen) atoms. The van der Waals surface area contributed by atoms with Crippen LogP contribution in [0.2, 0.25) is 0 Å². The van der Waals surface area contributed by atoms with Crippen molar-refractivity contribution in [2.75, 3.05) is 31.5 Å². The normalized spacial score (nSPS) is 18.1. The van der Waals surface area contributed by atoms with Crippen molar-refractivity contribution in [2.45, 2.75) is 39.2 Å². The largest absolute Gasteiger partial charge is 0.369 e. The average molecular weight is 404 g/mol. The number of piperidine rings is 1. The van der Waals surface area contributed by atoms with Crippen LogP contribution in [0.4, 0.5) is 10.5 Å². The van der Waals surface area contributed by atoms with Crippen molar-refractivity contribution in [3.8, 4) is 0 Å². The fourth-order valence-corrected chi connectivity index (χ4v) is 3.48. The van der Waals surface area contributed by atoms with E-state index in [0.29, 0.717) is 18.8 Å². The molecule has 2 unspecified atom stereocenters. The number of urea groups is 1. The van der Waals surface area contributed by atoms with Gasteiger partial charge in [-0.3, -0.25) is 9.59 Å². The molecule has 4 amide bonds. The first-order chi connectivity index (χ1) is 13.9. The Morgan fingerprint density at radius 3 is 2.59 bits per heavy atom. The van der Waals surface area contributed by atoms with Crippen molar-refractivity contribution >= 4 is 23.5 Å². The number of nitrogens with zero attached hydrogens (tertiary/aromatic N) is 1. The summed E-state index contributed by atoms with van der Waals surface area (Å²) in [6, 6.07) is 8.07. The molecule has 0 bridgehead atoms. The number of nitrogens with one attached hydrogen (secondary N) is 3. The van der Waals surface area contributed by atoms with Gasteiger partial charge in [0, 0.05) is 18.8 Å². The molecule has 160 valence electrons. The Morgan fingerprint density at radius 2 is 1.93 bits per heavy atom. The minimum atomic E-state index is -0.618. The molecule has 1 aliphatic heterocycles. The maximum atomic E-state index is 12.5. The van der Waals surface area contributed by atoms with Crippen LogP contribution < -0.4 is 21.7 Å². The van der Waals surface area contributed by atoms with Crippen molar-refractivity contribution in [1.29, 1.82) is 0 Å². The van der Waals surface area contributed by atoms with E-state index >= 15 is 0 Å². The van der Waals surface area contributed by atoms with Gasteiger partial charge in [-0.2, -0.15) is 0 Å². The second-order valence-electron chi connectivity index (χ2n) is 7.87. The number of nitrogens with two attached hydrogens (primary N) is 1. The molecule has 1 fully saturated rings. The number of hydrogen-bond acceptors (Lipinski definition) is 4.